The highest BCUT2D eigenvalue weighted by molar-refractivity contribution is 5.84. The number of rotatable bonds is 2. The number of benzene rings is 1. The molecule has 2 amide bonds. The van der Waals surface area contributed by atoms with Gasteiger partial charge in [0.05, 0.1) is 0 Å². The number of amides is 2. The van der Waals surface area contributed by atoms with Crippen LogP contribution < -0.4 is 5.32 Å². The maximum atomic E-state index is 12.8. The maximum absolute atomic E-state index is 12.8. The summed E-state index contributed by atoms with van der Waals surface area (Å²) in [7, 11) is 0. The Morgan fingerprint density at radius 3 is 2.48 bits per heavy atom. The zero-order valence-electron chi connectivity index (χ0n) is 15.0. The minimum absolute atomic E-state index is 0.0397. The number of nitrogens with zero attached hydrogens (tertiary/aromatic N) is 1. The molecular weight excluding hydrogens is 312 g/mol. The number of piperidine rings is 1. The lowest BCUT2D eigenvalue weighted by molar-refractivity contribution is -0.141. The number of likely N-dealkylation sites (tertiary alicyclic amines) is 1. The molecule has 2 saturated carbocycles. The zero-order chi connectivity index (χ0) is 17.3. The van der Waals surface area contributed by atoms with E-state index in [9.17, 15) is 9.59 Å². The Hall–Kier alpha value is -1.84. The van der Waals surface area contributed by atoms with Gasteiger partial charge in [-0.05, 0) is 67.6 Å². The van der Waals surface area contributed by atoms with Crippen LogP contribution in [0.25, 0.3) is 0 Å². The molecular formula is C21H26N2O2. The summed E-state index contributed by atoms with van der Waals surface area (Å²) in [4.78, 5) is 26.3. The normalized spacial score (nSPS) is 38.5. The Balaban J connectivity index is 1.18. The molecule has 1 N–H and O–H groups in total. The largest absolute Gasteiger partial charge is 0.351 e. The molecule has 4 nitrogen and oxygen atoms in total. The van der Waals surface area contributed by atoms with Gasteiger partial charge in [0.1, 0.15) is 0 Å². The molecule has 1 spiro atoms. The van der Waals surface area contributed by atoms with Crippen molar-refractivity contribution >= 4 is 11.8 Å². The van der Waals surface area contributed by atoms with Gasteiger partial charge >= 0.3 is 0 Å². The van der Waals surface area contributed by atoms with Gasteiger partial charge in [-0.3, -0.25) is 9.59 Å². The van der Waals surface area contributed by atoms with E-state index in [2.05, 4.69) is 42.3 Å². The van der Waals surface area contributed by atoms with Crippen LogP contribution in [0.4, 0.5) is 0 Å². The lowest BCUT2D eigenvalue weighted by atomic mass is 9.67. The topological polar surface area (TPSA) is 49.4 Å². The molecule has 0 radical (unpaired) electrons. The van der Waals surface area contributed by atoms with Crippen molar-refractivity contribution in [3.63, 3.8) is 0 Å². The molecule has 1 aromatic rings. The molecule has 132 valence electrons. The summed E-state index contributed by atoms with van der Waals surface area (Å²) in [6.45, 7) is 6.19. The van der Waals surface area contributed by atoms with Crippen LogP contribution in [-0.4, -0.2) is 35.3 Å². The number of hydrogen-bond acceptors (Lipinski definition) is 2. The first kappa shape index (κ1) is 15.4. The van der Waals surface area contributed by atoms with E-state index in [0.29, 0.717) is 30.1 Å². The van der Waals surface area contributed by atoms with Crippen molar-refractivity contribution in [2.75, 3.05) is 13.1 Å². The molecule has 5 rings (SSSR count). The van der Waals surface area contributed by atoms with Crippen LogP contribution in [0.3, 0.4) is 0 Å². The van der Waals surface area contributed by atoms with Crippen molar-refractivity contribution in [3.05, 3.63) is 34.9 Å². The molecule has 0 unspecified atom stereocenters. The van der Waals surface area contributed by atoms with E-state index in [4.69, 9.17) is 0 Å². The molecule has 4 fully saturated rings. The summed E-state index contributed by atoms with van der Waals surface area (Å²) in [6.07, 6.45) is 3.25. The van der Waals surface area contributed by atoms with Gasteiger partial charge < -0.3 is 10.2 Å². The summed E-state index contributed by atoms with van der Waals surface area (Å²) < 4.78 is 0. The average Bonchev–Trinajstić information content (AvgIpc) is 2.91. The van der Waals surface area contributed by atoms with Gasteiger partial charge in [-0.2, -0.15) is 0 Å². The molecule has 4 heteroatoms. The van der Waals surface area contributed by atoms with Crippen molar-refractivity contribution in [1.29, 1.82) is 0 Å². The number of fused-ring (bicyclic) bond motifs is 1. The first-order chi connectivity index (χ1) is 12.0. The first-order valence-electron chi connectivity index (χ1n) is 9.63. The van der Waals surface area contributed by atoms with E-state index in [1.807, 2.05) is 0 Å². The van der Waals surface area contributed by atoms with Crippen LogP contribution in [0.2, 0.25) is 0 Å². The molecule has 2 aliphatic heterocycles. The molecule has 2 aliphatic carbocycles. The predicted octanol–water partition coefficient (Wildman–Crippen LogP) is 2.53. The van der Waals surface area contributed by atoms with Crippen LogP contribution >= 0.6 is 0 Å². The second-order valence-electron chi connectivity index (χ2n) is 8.87. The summed E-state index contributed by atoms with van der Waals surface area (Å²) in [5.74, 6) is 2.60. The molecule has 0 aromatic heterocycles. The van der Waals surface area contributed by atoms with E-state index in [-0.39, 0.29) is 17.4 Å². The van der Waals surface area contributed by atoms with Crippen molar-refractivity contribution in [2.45, 2.75) is 51.0 Å². The quantitative estimate of drug-likeness (QED) is 0.901. The third kappa shape index (κ3) is 2.33. The Bertz CT molecular complexity index is 753. The molecule has 1 aromatic carbocycles. The van der Waals surface area contributed by atoms with Crippen LogP contribution in [0, 0.1) is 31.6 Å². The zero-order valence-corrected chi connectivity index (χ0v) is 15.0. The van der Waals surface area contributed by atoms with Crippen LogP contribution in [-0.2, 0) is 9.59 Å². The van der Waals surface area contributed by atoms with Gasteiger partial charge in [0.2, 0.25) is 11.8 Å². The standard InChI is InChI=1S/C21H26N2O2/c1-12-3-4-14(7-13(12)2)19-16-10-23(11-17(16)19)20(25)15-8-21(9-15)6-5-18(24)22-21/h3-4,7,15-17,19H,5-6,8-11H2,1-2H3,(H,22,24)/t15?,16-,17+,19+,21?. The molecule has 2 heterocycles. The summed E-state index contributed by atoms with van der Waals surface area (Å²) in [5.41, 5.74) is 4.14. The number of hydrogen-bond donors (Lipinski definition) is 1. The van der Waals surface area contributed by atoms with Gasteiger partial charge in [-0.25, -0.2) is 0 Å². The highest BCUT2D eigenvalue weighted by atomic mass is 16.2. The minimum Gasteiger partial charge on any atom is -0.351 e. The van der Waals surface area contributed by atoms with E-state index in [1.54, 1.807) is 0 Å². The Labute approximate surface area is 149 Å². The Morgan fingerprint density at radius 1 is 1.16 bits per heavy atom. The minimum atomic E-state index is -0.0397. The molecule has 2 saturated heterocycles. The van der Waals surface area contributed by atoms with Crippen molar-refractivity contribution in [3.8, 4) is 0 Å². The third-order valence-electron chi connectivity index (χ3n) is 7.28. The summed E-state index contributed by atoms with van der Waals surface area (Å²) in [6, 6.07) is 6.84. The fraction of sp³-hybridized carbons (Fsp3) is 0.619. The number of nitrogens with one attached hydrogen (secondary N) is 1. The monoisotopic (exact) mass is 338 g/mol. The van der Waals surface area contributed by atoms with Gasteiger partial charge in [0.15, 0.2) is 0 Å². The molecule has 3 atom stereocenters. The van der Waals surface area contributed by atoms with Crippen molar-refractivity contribution in [1.82, 2.24) is 10.2 Å². The highest BCUT2D eigenvalue weighted by Crippen LogP contribution is 2.59. The second-order valence-corrected chi connectivity index (χ2v) is 8.87. The number of carbonyl (C=O) groups excluding carboxylic acids is 2. The van der Waals surface area contributed by atoms with Crippen LogP contribution in [0.1, 0.15) is 48.3 Å². The van der Waals surface area contributed by atoms with Crippen molar-refractivity contribution < 1.29 is 9.59 Å². The van der Waals surface area contributed by atoms with E-state index in [0.717, 1.165) is 32.4 Å². The summed E-state index contributed by atoms with van der Waals surface area (Å²) in [5, 5.41) is 3.09. The fourth-order valence-corrected chi connectivity index (χ4v) is 5.57. The summed E-state index contributed by atoms with van der Waals surface area (Å²) >= 11 is 0. The first-order valence-corrected chi connectivity index (χ1v) is 9.63. The smallest absolute Gasteiger partial charge is 0.225 e. The molecule has 25 heavy (non-hydrogen) atoms. The van der Waals surface area contributed by atoms with Crippen LogP contribution in [0.5, 0.6) is 0 Å². The van der Waals surface area contributed by atoms with Gasteiger partial charge in [-0.15, -0.1) is 0 Å². The van der Waals surface area contributed by atoms with E-state index in [1.165, 1.54) is 16.7 Å². The molecule has 0 bridgehead atoms. The van der Waals surface area contributed by atoms with Gasteiger partial charge in [-0.1, -0.05) is 18.2 Å². The van der Waals surface area contributed by atoms with Crippen molar-refractivity contribution in [2.24, 2.45) is 17.8 Å². The second kappa shape index (κ2) is 5.09. The van der Waals surface area contributed by atoms with E-state index >= 15 is 0 Å². The number of aryl methyl sites for hydroxylation is 2. The van der Waals surface area contributed by atoms with Gasteiger partial charge in [0, 0.05) is 31.0 Å². The van der Waals surface area contributed by atoms with Crippen LogP contribution in [0.15, 0.2) is 18.2 Å². The third-order valence-corrected chi connectivity index (χ3v) is 7.28. The number of carbonyl (C=O) groups is 2. The maximum Gasteiger partial charge on any atom is 0.225 e. The molecule has 4 aliphatic rings. The Morgan fingerprint density at radius 2 is 1.88 bits per heavy atom. The fourth-order valence-electron chi connectivity index (χ4n) is 5.57. The SMILES string of the molecule is Cc1ccc([C@H]2[C@@H]3CN(C(=O)C4CC5(CCC(=O)N5)C4)C[C@@H]32)cc1C. The Kier molecular flexibility index (Phi) is 3.14. The predicted molar refractivity (Wildman–Crippen MR) is 95.0 cm³/mol. The average molecular weight is 338 g/mol. The lowest BCUT2D eigenvalue weighted by Gasteiger charge is -2.45. The highest BCUT2D eigenvalue weighted by Gasteiger charge is 2.59. The lowest BCUT2D eigenvalue weighted by Crippen LogP contribution is -2.56. The van der Waals surface area contributed by atoms with Gasteiger partial charge in [0.25, 0.3) is 0 Å². The van der Waals surface area contributed by atoms with E-state index < -0.39 is 0 Å².